The molecule has 1 saturated heterocycles. The van der Waals surface area contributed by atoms with E-state index in [-0.39, 0.29) is 12.2 Å². The lowest BCUT2D eigenvalue weighted by Crippen LogP contribution is -2.32. The van der Waals surface area contributed by atoms with Crippen molar-refractivity contribution in [2.24, 2.45) is 0 Å². The summed E-state index contributed by atoms with van der Waals surface area (Å²) in [5.74, 6) is 0. The number of rotatable bonds is 2. The van der Waals surface area contributed by atoms with Gasteiger partial charge < -0.3 is 14.6 Å². The van der Waals surface area contributed by atoms with Gasteiger partial charge in [0.25, 0.3) is 0 Å². The Morgan fingerprint density at radius 3 is 2.80 bits per heavy atom. The zero-order chi connectivity index (χ0) is 7.56. The highest BCUT2D eigenvalue weighted by atomic mass is 79.9. The summed E-state index contributed by atoms with van der Waals surface area (Å²) in [5, 5.41) is 10.0. The van der Waals surface area contributed by atoms with Crippen LogP contribution in [0.25, 0.3) is 0 Å². The van der Waals surface area contributed by atoms with Crippen LogP contribution in [0, 0.1) is 0 Å². The molecule has 0 aliphatic carbocycles. The minimum atomic E-state index is -0.482. The lowest BCUT2D eigenvalue weighted by molar-refractivity contribution is 0.0104. The topological polar surface area (TPSA) is 38.7 Å². The predicted octanol–water partition coefficient (Wildman–Crippen LogP) is 0.156. The molecule has 10 heavy (non-hydrogen) atoms. The molecule has 1 N–H and O–H groups in total. The summed E-state index contributed by atoms with van der Waals surface area (Å²) in [5.41, 5.74) is 0. The Hall–Kier alpha value is 0.360. The summed E-state index contributed by atoms with van der Waals surface area (Å²) < 4.78 is 10.2. The van der Waals surface area contributed by atoms with Crippen molar-refractivity contribution in [2.75, 3.05) is 19.0 Å². The second kappa shape index (κ2) is 3.67. The molecule has 3 atom stereocenters. The molecule has 0 bridgehead atoms. The zero-order valence-corrected chi connectivity index (χ0v) is 7.37. The molecule has 0 aromatic heterocycles. The number of alkyl halides is 1. The molecule has 1 aliphatic rings. The van der Waals surface area contributed by atoms with E-state index in [1.54, 1.807) is 7.11 Å². The molecule has 1 aliphatic heterocycles. The van der Waals surface area contributed by atoms with E-state index in [2.05, 4.69) is 15.9 Å². The molecule has 3 nitrogen and oxygen atoms in total. The van der Waals surface area contributed by atoms with Gasteiger partial charge in [-0.15, -0.1) is 0 Å². The van der Waals surface area contributed by atoms with E-state index in [0.29, 0.717) is 11.9 Å². The van der Waals surface area contributed by atoms with Crippen molar-refractivity contribution in [3.63, 3.8) is 0 Å². The molecule has 60 valence electrons. The second-order valence-corrected chi connectivity index (χ2v) is 2.94. The number of aliphatic hydroxyl groups is 1. The van der Waals surface area contributed by atoms with Crippen LogP contribution in [0.4, 0.5) is 0 Å². The van der Waals surface area contributed by atoms with Gasteiger partial charge in [0, 0.05) is 12.4 Å². The first-order chi connectivity index (χ1) is 4.79. The Kier molecular flexibility index (Phi) is 3.10. The average molecular weight is 211 g/mol. The maximum atomic E-state index is 9.37. The highest BCUT2D eigenvalue weighted by molar-refractivity contribution is 9.09. The van der Waals surface area contributed by atoms with Crippen LogP contribution >= 0.6 is 15.9 Å². The monoisotopic (exact) mass is 210 g/mol. The summed E-state index contributed by atoms with van der Waals surface area (Å²) in [6.45, 7) is 0.494. The van der Waals surface area contributed by atoms with Crippen LogP contribution < -0.4 is 0 Å². The lowest BCUT2D eigenvalue weighted by Gasteiger charge is -2.13. The first kappa shape index (κ1) is 8.46. The fourth-order valence-corrected chi connectivity index (χ4v) is 1.57. The van der Waals surface area contributed by atoms with Gasteiger partial charge in [0.05, 0.1) is 12.7 Å². The first-order valence-electron chi connectivity index (χ1n) is 3.18. The number of aliphatic hydroxyl groups excluding tert-OH is 1. The number of hydrogen-bond acceptors (Lipinski definition) is 3. The van der Waals surface area contributed by atoms with E-state index < -0.39 is 6.10 Å². The molecule has 0 aromatic rings. The van der Waals surface area contributed by atoms with E-state index in [1.807, 2.05) is 0 Å². The third-order valence-corrected chi connectivity index (χ3v) is 2.33. The number of hydrogen-bond donors (Lipinski definition) is 1. The van der Waals surface area contributed by atoms with Crippen molar-refractivity contribution in [1.29, 1.82) is 0 Å². The van der Waals surface area contributed by atoms with Crippen LogP contribution in [-0.2, 0) is 9.47 Å². The average Bonchev–Trinajstić information content (AvgIpc) is 2.30. The molecule has 1 rings (SSSR count). The fraction of sp³-hybridized carbons (Fsp3) is 1.00. The van der Waals surface area contributed by atoms with Crippen LogP contribution in [0.2, 0.25) is 0 Å². The highest BCUT2D eigenvalue weighted by Gasteiger charge is 2.34. The fourth-order valence-electron chi connectivity index (χ4n) is 0.998. The predicted molar refractivity (Wildman–Crippen MR) is 40.3 cm³/mol. The smallest absolute Gasteiger partial charge is 0.109 e. The summed E-state index contributed by atoms with van der Waals surface area (Å²) in [7, 11) is 1.58. The normalized spacial score (nSPS) is 40.5. The van der Waals surface area contributed by atoms with Crippen molar-refractivity contribution in [1.82, 2.24) is 0 Å². The summed E-state index contributed by atoms with van der Waals surface area (Å²) in [4.78, 5) is 0. The van der Waals surface area contributed by atoms with E-state index in [4.69, 9.17) is 9.47 Å². The van der Waals surface area contributed by atoms with Gasteiger partial charge in [0.1, 0.15) is 12.2 Å². The molecule has 1 fully saturated rings. The molecule has 0 amide bonds. The van der Waals surface area contributed by atoms with Gasteiger partial charge in [-0.1, -0.05) is 15.9 Å². The summed E-state index contributed by atoms with van der Waals surface area (Å²) >= 11 is 3.23. The van der Waals surface area contributed by atoms with E-state index in [9.17, 15) is 5.11 Å². The molecule has 0 saturated carbocycles. The van der Waals surface area contributed by atoms with Gasteiger partial charge in [0.15, 0.2) is 0 Å². The molecule has 0 unspecified atom stereocenters. The van der Waals surface area contributed by atoms with Crippen molar-refractivity contribution in [3.8, 4) is 0 Å². The molecular weight excluding hydrogens is 200 g/mol. The molecule has 1 heterocycles. The zero-order valence-electron chi connectivity index (χ0n) is 5.79. The molecule has 0 spiro atoms. The second-order valence-electron chi connectivity index (χ2n) is 2.29. The highest BCUT2D eigenvalue weighted by Crippen LogP contribution is 2.17. The van der Waals surface area contributed by atoms with Crippen molar-refractivity contribution >= 4 is 15.9 Å². The minimum absolute atomic E-state index is 0.107. The van der Waals surface area contributed by atoms with Gasteiger partial charge in [0.2, 0.25) is 0 Å². The maximum absolute atomic E-state index is 9.37. The molecule has 4 heteroatoms. The summed E-state index contributed by atoms with van der Waals surface area (Å²) in [6, 6.07) is 0. The Balaban J connectivity index is 2.41. The standard InChI is InChI=1S/C6H11BrO3/c1-9-5-3-10-4(2-7)6(5)8/h4-6,8H,2-3H2,1H3/t4-,5-,6-/m1/s1. The van der Waals surface area contributed by atoms with Crippen molar-refractivity contribution in [2.45, 2.75) is 18.3 Å². The summed E-state index contributed by atoms with van der Waals surface area (Å²) in [6.07, 6.45) is -0.739. The largest absolute Gasteiger partial charge is 0.388 e. The van der Waals surface area contributed by atoms with Gasteiger partial charge in [-0.25, -0.2) is 0 Å². The van der Waals surface area contributed by atoms with Crippen molar-refractivity contribution < 1.29 is 14.6 Å². The van der Waals surface area contributed by atoms with Gasteiger partial charge in [-0.3, -0.25) is 0 Å². The van der Waals surface area contributed by atoms with Crippen LogP contribution in [0.3, 0.4) is 0 Å². The molecule has 0 aromatic carbocycles. The Labute approximate surface area is 68.4 Å². The maximum Gasteiger partial charge on any atom is 0.109 e. The number of halogens is 1. The lowest BCUT2D eigenvalue weighted by atomic mass is 10.2. The van der Waals surface area contributed by atoms with Crippen LogP contribution in [0.15, 0.2) is 0 Å². The van der Waals surface area contributed by atoms with E-state index >= 15 is 0 Å². The van der Waals surface area contributed by atoms with Gasteiger partial charge in [-0.05, 0) is 0 Å². The van der Waals surface area contributed by atoms with E-state index in [1.165, 1.54) is 0 Å². The number of ether oxygens (including phenoxy) is 2. The Morgan fingerprint density at radius 2 is 2.50 bits per heavy atom. The third-order valence-electron chi connectivity index (χ3n) is 1.69. The minimum Gasteiger partial charge on any atom is -0.388 e. The van der Waals surface area contributed by atoms with Crippen LogP contribution in [0.5, 0.6) is 0 Å². The first-order valence-corrected chi connectivity index (χ1v) is 4.30. The van der Waals surface area contributed by atoms with Gasteiger partial charge >= 0.3 is 0 Å². The SMILES string of the molecule is CO[C@@H]1CO[C@H](CBr)[C@H]1O. The molecular formula is C6H11BrO3. The quantitative estimate of drug-likeness (QED) is 0.661. The van der Waals surface area contributed by atoms with Crippen LogP contribution in [0.1, 0.15) is 0 Å². The third kappa shape index (κ3) is 1.50. The Bertz CT molecular complexity index is 97.2. The van der Waals surface area contributed by atoms with Crippen molar-refractivity contribution in [3.05, 3.63) is 0 Å². The number of methoxy groups -OCH3 is 1. The van der Waals surface area contributed by atoms with E-state index in [0.717, 1.165) is 0 Å². The Morgan fingerprint density at radius 1 is 1.80 bits per heavy atom. The van der Waals surface area contributed by atoms with Crippen LogP contribution in [-0.4, -0.2) is 42.5 Å². The molecule has 0 radical (unpaired) electrons. The van der Waals surface area contributed by atoms with Gasteiger partial charge in [-0.2, -0.15) is 0 Å².